The fourth-order valence-corrected chi connectivity index (χ4v) is 4.98. The fraction of sp³-hybridized carbons (Fsp3) is 0.304. The highest BCUT2D eigenvalue weighted by molar-refractivity contribution is 7.89. The van der Waals surface area contributed by atoms with Gasteiger partial charge in [0.05, 0.1) is 21.8 Å². The normalized spacial score (nSPS) is 12.2. The summed E-state index contributed by atoms with van der Waals surface area (Å²) in [5.74, 6) is 0. The van der Waals surface area contributed by atoms with E-state index in [-0.39, 0.29) is 10.5 Å². The number of nitrogens with one attached hydrogen (secondary N) is 1. The lowest BCUT2D eigenvalue weighted by Crippen LogP contribution is -2.30. The Bertz CT molecular complexity index is 1280. The van der Waals surface area contributed by atoms with Gasteiger partial charge in [0.2, 0.25) is 10.0 Å². The lowest BCUT2D eigenvalue weighted by Gasteiger charge is -2.18. The van der Waals surface area contributed by atoms with E-state index in [0.29, 0.717) is 30.0 Å². The molecule has 0 aliphatic rings. The quantitative estimate of drug-likeness (QED) is 0.566. The monoisotopic (exact) mass is 440 g/mol. The van der Waals surface area contributed by atoms with Crippen LogP contribution in [0.1, 0.15) is 36.2 Å². The number of rotatable bonds is 7. The Kier molecular flexibility index (Phi) is 6.62. The number of benzene rings is 2. The van der Waals surface area contributed by atoms with Gasteiger partial charge in [-0.1, -0.05) is 26.0 Å². The van der Waals surface area contributed by atoms with Crippen molar-refractivity contribution in [3.63, 3.8) is 0 Å². The number of hydrogen-bond acceptors (Lipinski definition) is 4. The van der Waals surface area contributed by atoms with E-state index >= 15 is 0 Å². The minimum absolute atomic E-state index is 0.190. The molecule has 0 saturated carbocycles. The highest BCUT2D eigenvalue weighted by Gasteiger charge is 2.22. The molecule has 0 aliphatic heterocycles. The molecule has 0 radical (unpaired) electrons. The van der Waals surface area contributed by atoms with Crippen molar-refractivity contribution in [1.29, 1.82) is 0 Å². The lowest BCUT2D eigenvalue weighted by molar-refractivity contribution is 0.445. The summed E-state index contributed by atoms with van der Waals surface area (Å²) in [5.41, 5.74) is 4.12. The van der Waals surface area contributed by atoms with Crippen molar-refractivity contribution in [3.05, 3.63) is 75.2 Å². The van der Waals surface area contributed by atoms with Crippen molar-refractivity contribution in [2.45, 2.75) is 39.5 Å². The molecular weight excluding hydrogens is 412 g/mol. The Morgan fingerprint density at radius 2 is 1.77 bits per heavy atom. The van der Waals surface area contributed by atoms with Crippen molar-refractivity contribution < 1.29 is 8.42 Å². The van der Waals surface area contributed by atoms with E-state index in [0.717, 1.165) is 16.8 Å². The van der Waals surface area contributed by atoms with E-state index in [1.165, 1.54) is 15.2 Å². The van der Waals surface area contributed by atoms with Gasteiger partial charge < -0.3 is 0 Å². The highest BCUT2D eigenvalue weighted by atomic mass is 32.2. The minimum atomic E-state index is -3.53. The maximum Gasteiger partial charge on any atom is 0.280 e. The van der Waals surface area contributed by atoms with Gasteiger partial charge in [0, 0.05) is 25.0 Å². The van der Waals surface area contributed by atoms with Crippen LogP contribution in [0.2, 0.25) is 0 Å². The molecule has 0 spiro atoms. The third-order valence-electron chi connectivity index (χ3n) is 5.22. The first-order valence-corrected chi connectivity index (χ1v) is 11.7. The molecule has 2 aromatic carbocycles. The van der Waals surface area contributed by atoms with Gasteiger partial charge in [0.25, 0.3) is 5.56 Å². The number of aryl methyl sites for hydroxylation is 3. The average molecular weight is 441 g/mol. The highest BCUT2D eigenvalue weighted by Crippen LogP contribution is 2.24. The molecule has 1 heterocycles. The maximum absolute atomic E-state index is 12.9. The van der Waals surface area contributed by atoms with Gasteiger partial charge in [-0.3, -0.25) is 14.9 Å². The Labute approximate surface area is 183 Å². The van der Waals surface area contributed by atoms with Gasteiger partial charge in [0.1, 0.15) is 0 Å². The number of aromatic amines is 1. The van der Waals surface area contributed by atoms with Crippen LogP contribution in [-0.4, -0.2) is 41.8 Å². The van der Waals surface area contributed by atoms with Crippen molar-refractivity contribution in [1.82, 2.24) is 14.1 Å². The summed E-state index contributed by atoms with van der Waals surface area (Å²) in [5, 5.41) is 3.09. The van der Waals surface area contributed by atoms with Crippen LogP contribution in [0.5, 0.6) is 0 Å². The molecule has 1 aromatic heterocycles. The first-order valence-electron chi connectivity index (χ1n) is 10.2. The van der Waals surface area contributed by atoms with Gasteiger partial charge in [-0.15, -0.1) is 0 Å². The van der Waals surface area contributed by atoms with Crippen LogP contribution < -0.4 is 5.56 Å². The standard InChI is InChI=1S/C23H28N4O3S/c1-6-26(7-2)31(29,30)20-11-12-22(17(4)14-20)24-15-21-18(5)25-27(23(21)28)19-10-8-9-16(3)13-19/h8-15,25H,6-7H2,1-5H3. The Hall–Kier alpha value is -2.97. The van der Waals surface area contributed by atoms with Gasteiger partial charge in [-0.2, -0.15) is 4.31 Å². The minimum Gasteiger partial charge on any atom is -0.295 e. The zero-order chi connectivity index (χ0) is 22.8. The molecule has 8 heteroatoms. The molecular formula is C23H28N4O3S. The molecule has 0 amide bonds. The Morgan fingerprint density at radius 3 is 2.39 bits per heavy atom. The predicted octanol–water partition coefficient (Wildman–Crippen LogP) is 3.87. The largest absolute Gasteiger partial charge is 0.295 e. The summed E-state index contributed by atoms with van der Waals surface area (Å²) in [7, 11) is -3.53. The smallest absolute Gasteiger partial charge is 0.280 e. The van der Waals surface area contributed by atoms with Gasteiger partial charge in [-0.25, -0.2) is 13.1 Å². The van der Waals surface area contributed by atoms with E-state index in [2.05, 4.69) is 10.1 Å². The zero-order valence-electron chi connectivity index (χ0n) is 18.5. The summed E-state index contributed by atoms with van der Waals surface area (Å²) >= 11 is 0. The predicted molar refractivity (Wildman–Crippen MR) is 124 cm³/mol. The van der Waals surface area contributed by atoms with Gasteiger partial charge in [0.15, 0.2) is 0 Å². The van der Waals surface area contributed by atoms with Crippen LogP contribution in [0.15, 0.2) is 57.1 Å². The van der Waals surface area contributed by atoms with E-state index in [1.807, 2.05) is 58.9 Å². The van der Waals surface area contributed by atoms with Crippen LogP contribution in [0.25, 0.3) is 5.69 Å². The van der Waals surface area contributed by atoms with E-state index < -0.39 is 10.0 Å². The number of sulfonamides is 1. The molecule has 7 nitrogen and oxygen atoms in total. The molecule has 0 bridgehead atoms. The Balaban J connectivity index is 1.94. The topological polar surface area (TPSA) is 87.5 Å². The first kappa shape index (κ1) is 22.7. The van der Waals surface area contributed by atoms with Crippen molar-refractivity contribution in [2.75, 3.05) is 13.1 Å². The molecule has 0 fully saturated rings. The number of aliphatic imine (C=N–C) groups is 1. The average Bonchev–Trinajstić information content (AvgIpc) is 3.01. The maximum atomic E-state index is 12.9. The summed E-state index contributed by atoms with van der Waals surface area (Å²) in [6.07, 6.45) is 1.53. The van der Waals surface area contributed by atoms with Crippen LogP contribution in [0.4, 0.5) is 5.69 Å². The van der Waals surface area contributed by atoms with Crippen LogP contribution in [-0.2, 0) is 10.0 Å². The van der Waals surface area contributed by atoms with Crippen molar-refractivity contribution in [2.24, 2.45) is 4.99 Å². The third-order valence-corrected chi connectivity index (χ3v) is 7.27. The fourth-order valence-electron chi connectivity index (χ4n) is 3.44. The summed E-state index contributed by atoms with van der Waals surface area (Å²) < 4.78 is 28.4. The molecule has 0 saturated heterocycles. The van der Waals surface area contributed by atoms with Crippen molar-refractivity contribution >= 4 is 21.9 Å². The van der Waals surface area contributed by atoms with Crippen LogP contribution in [0, 0.1) is 20.8 Å². The van der Waals surface area contributed by atoms with E-state index in [9.17, 15) is 13.2 Å². The van der Waals surface area contributed by atoms with Gasteiger partial charge >= 0.3 is 0 Å². The first-order chi connectivity index (χ1) is 14.7. The van der Waals surface area contributed by atoms with Gasteiger partial charge in [-0.05, 0) is 62.2 Å². The SMILES string of the molecule is CCN(CC)S(=O)(=O)c1ccc(N=Cc2c(C)[nH]n(-c3cccc(C)c3)c2=O)c(C)c1. The molecule has 0 atom stereocenters. The molecule has 3 rings (SSSR count). The zero-order valence-corrected chi connectivity index (χ0v) is 19.3. The molecule has 3 aromatic rings. The molecule has 1 N–H and O–H groups in total. The molecule has 0 unspecified atom stereocenters. The summed E-state index contributed by atoms with van der Waals surface area (Å²) in [6.45, 7) is 10.1. The van der Waals surface area contributed by atoms with Crippen LogP contribution in [0.3, 0.4) is 0 Å². The van der Waals surface area contributed by atoms with Crippen LogP contribution >= 0.6 is 0 Å². The van der Waals surface area contributed by atoms with E-state index in [4.69, 9.17) is 0 Å². The number of nitrogens with zero attached hydrogens (tertiary/aromatic N) is 3. The summed E-state index contributed by atoms with van der Waals surface area (Å²) in [6, 6.07) is 12.5. The third kappa shape index (κ3) is 4.55. The number of hydrogen-bond donors (Lipinski definition) is 1. The number of H-pyrrole nitrogens is 1. The Morgan fingerprint density at radius 1 is 1.06 bits per heavy atom. The molecule has 31 heavy (non-hydrogen) atoms. The second kappa shape index (κ2) is 9.03. The molecule has 164 valence electrons. The number of aromatic nitrogens is 2. The lowest BCUT2D eigenvalue weighted by atomic mass is 10.2. The molecule has 0 aliphatic carbocycles. The van der Waals surface area contributed by atoms with Crippen molar-refractivity contribution in [3.8, 4) is 5.69 Å². The second-order valence-corrected chi connectivity index (χ2v) is 9.36. The summed E-state index contributed by atoms with van der Waals surface area (Å²) in [4.78, 5) is 17.6. The van der Waals surface area contributed by atoms with E-state index in [1.54, 1.807) is 18.2 Å². The second-order valence-electron chi connectivity index (χ2n) is 7.43.